The zero-order chi connectivity index (χ0) is 13.1. The van der Waals surface area contributed by atoms with Crippen LogP contribution in [0.1, 0.15) is 10.4 Å². The van der Waals surface area contributed by atoms with Gasteiger partial charge in [-0.25, -0.2) is 0 Å². The lowest BCUT2D eigenvalue weighted by Crippen LogP contribution is -1.97. The number of ether oxygens (including phenoxy) is 3. The molecule has 4 heteroatoms. The van der Waals surface area contributed by atoms with Crippen LogP contribution in [0.4, 0.5) is 0 Å². The minimum Gasteiger partial charge on any atom is -0.488 e. The van der Waals surface area contributed by atoms with E-state index in [2.05, 4.69) is 12.6 Å². The van der Waals surface area contributed by atoms with Gasteiger partial charge in [-0.15, -0.1) is 17.9 Å². The van der Waals surface area contributed by atoms with Crippen molar-refractivity contribution >= 4 is 11.3 Å². The van der Waals surface area contributed by atoms with Gasteiger partial charge in [0.1, 0.15) is 12.4 Å². The average molecular weight is 274 g/mol. The van der Waals surface area contributed by atoms with Crippen molar-refractivity contribution in [1.29, 1.82) is 0 Å². The van der Waals surface area contributed by atoms with Crippen molar-refractivity contribution < 1.29 is 14.2 Å². The Kier molecular flexibility index (Phi) is 3.42. The first-order valence-electron chi connectivity index (χ1n) is 6.05. The molecule has 1 aromatic heterocycles. The van der Waals surface area contributed by atoms with E-state index in [-0.39, 0.29) is 6.79 Å². The number of hydrogen-bond donors (Lipinski definition) is 0. The average Bonchev–Trinajstić information content (AvgIpc) is 3.07. The van der Waals surface area contributed by atoms with Gasteiger partial charge in [-0.3, -0.25) is 0 Å². The number of thiophene rings is 1. The van der Waals surface area contributed by atoms with Gasteiger partial charge in [0.25, 0.3) is 0 Å². The molecule has 0 fully saturated rings. The Morgan fingerprint density at radius 2 is 2.16 bits per heavy atom. The molecule has 98 valence electrons. The van der Waals surface area contributed by atoms with Crippen LogP contribution in [0.15, 0.2) is 42.3 Å². The third-order valence-electron chi connectivity index (χ3n) is 2.87. The first-order chi connectivity index (χ1) is 9.36. The second-order valence-corrected chi connectivity index (χ2v) is 5.21. The number of benzene rings is 1. The quantitative estimate of drug-likeness (QED) is 0.776. The van der Waals surface area contributed by atoms with Crippen LogP contribution in [-0.2, 0) is 13.0 Å². The standard InChI is InChI=1S/C15H14O3S/c1-2-4-11-7-14-15(18-10-17-14)8-13(11)16-9-12-5-3-6-19-12/h2-3,5-8H,1,4,9-10H2. The monoisotopic (exact) mass is 274 g/mol. The van der Waals surface area contributed by atoms with Gasteiger partial charge < -0.3 is 14.2 Å². The van der Waals surface area contributed by atoms with Crippen molar-refractivity contribution in [2.45, 2.75) is 13.0 Å². The highest BCUT2D eigenvalue weighted by atomic mass is 32.1. The fourth-order valence-electron chi connectivity index (χ4n) is 1.96. The lowest BCUT2D eigenvalue weighted by Gasteiger charge is -2.11. The molecule has 0 aliphatic carbocycles. The van der Waals surface area contributed by atoms with E-state index in [9.17, 15) is 0 Å². The van der Waals surface area contributed by atoms with Crippen LogP contribution >= 0.6 is 11.3 Å². The lowest BCUT2D eigenvalue weighted by atomic mass is 10.1. The molecular formula is C15H14O3S. The largest absolute Gasteiger partial charge is 0.488 e. The molecule has 0 unspecified atom stereocenters. The van der Waals surface area contributed by atoms with E-state index >= 15 is 0 Å². The summed E-state index contributed by atoms with van der Waals surface area (Å²) in [6, 6.07) is 7.95. The summed E-state index contributed by atoms with van der Waals surface area (Å²) in [5.41, 5.74) is 1.07. The third kappa shape index (κ3) is 2.58. The fraction of sp³-hybridized carbons (Fsp3) is 0.200. The first-order valence-corrected chi connectivity index (χ1v) is 6.93. The maximum absolute atomic E-state index is 5.89. The highest BCUT2D eigenvalue weighted by Crippen LogP contribution is 2.38. The summed E-state index contributed by atoms with van der Waals surface area (Å²) in [6.45, 7) is 4.62. The Hall–Kier alpha value is -1.94. The van der Waals surface area contributed by atoms with E-state index in [1.165, 1.54) is 4.88 Å². The van der Waals surface area contributed by atoms with Crippen molar-refractivity contribution in [2.75, 3.05) is 6.79 Å². The van der Waals surface area contributed by atoms with Crippen LogP contribution in [0.3, 0.4) is 0 Å². The third-order valence-corrected chi connectivity index (χ3v) is 3.72. The van der Waals surface area contributed by atoms with E-state index in [0.717, 1.165) is 29.2 Å². The Labute approximate surface area is 116 Å². The predicted octanol–water partition coefficient (Wildman–Crippen LogP) is 3.78. The zero-order valence-electron chi connectivity index (χ0n) is 10.4. The van der Waals surface area contributed by atoms with Crippen molar-refractivity contribution in [3.63, 3.8) is 0 Å². The van der Waals surface area contributed by atoms with Gasteiger partial charge in [-0.05, 0) is 23.9 Å². The van der Waals surface area contributed by atoms with Gasteiger partial charge in [0.05, 0.1) is 0 Å². The zero-order valence-corrected chi connectivity index (χ0v) is 11.2. The normalized spacial score (nSPS) is 12.4. The molecule has 3 rings (SSSR count). The SMILES string of the molecule is C=CCc1cc2c(cc1OCc1cccs1)OCO2. The van der Waals surface area contributed by atoms with Crippen molar-refractivity contribution in [3.05, 3.63) is 52.7 Å². The van der Waals surface area contributed by atoms with Crippen LogP contribution in [0.25, 0.3) is 0 Å². The summed E-state index contributed by atoms with van der Waals surface area (Å²) in [4.78, 5) is 1.20. The van der Waals surface area contributed by atoms with Crippen LogP contribution in [-0.4, -0.2) is 6.79 Å². The van der Waals surface area contributed by atoms with E-state index in [0.29, 0.717) is 6.61 Å². The highest BCUT2D eigenvalue weighted by molar-refractivity contribution is 7.09. The van der Waals surface area contributed by atoms with Crippen LogP contribution < -0.4 is 14.2 Å². The Morgan fingerprint density at radius 1 is 1.32 bits per heavy atom. The summed E-state index contributed by atoms with van der Waals surface area (Å²) in [5, 5.41) is 2.04. The molecule has 2 aromatic rings. The maximum atomic E-state index is 5.89. The summed E-state index contributed by atoms with van der Waals surface area (Å²) >= 11 is 1.69. The molecule has 0 spiro atoms. The maximum Gasteiger partial charge on any atom is 0.231 e. The van der Waals surface area contributed by atoms with Gasteiger partial charge in [0.2, 0.25) is 6.79 Å². The van der Waals surface area contributed by atoms with Gasteiger partial charge in [0, 0.05) is 16.5 Å². The van der Waals surface area contributed by atoms with Crippen molar-refractivity contribution in [2.24, 2.45) is 0 Å². The molecule has 1 aromatic carbocycles. The number of rotatable bonds is 5. The van der Waals surface area contributed by atoms with Gasteiger partial charge in [0.15, 0.2) is 11.5 Å². The summed E-state index contributed by atoms with van der Waals surface area (Å²) < 4.78 is 16.7. The van der Waals surface area contributed by atoms with E-state index in [1.54, 1.807) is 11.3 Å². The molecule has 0 amide bonds. The molecule has 1 aliphatic rings. The molecule has 19 heavy (non-hydrogen) atoms. The van der Waals surface area contributed by atoms with Gasteiger partial charge in [-0.1, -0.05) is 12.1 Å². The Morgan fingerprint density at radius 3 is 2.89 bits per heavy atom. The van der Waals surface area contributed by atoms with Gasteiger partial charge in [-0.2, -0.15) is 0 Å². The van der Waals surface area contributed by atoms with Crippen LogP contribution in [0, 0.1) is 0 Å². The Bertz CT molecular complexity index is 575. The molecular weight excluding hydrogens is 260 g/mol. The predicted molar refractivity (Wildman–Crippen MR) is 75.1 cm³/mol. The summed E-state index contributed by atoms with van der Waals surface area (Å²) in [7, 11) is 0. The number of hydrogen-bond acceptors (Lipinski definition) is 4. The number of fused-ring (bicyclic) bond motifs is 1. The second-order valence-electron chi connectivity index (χ2n) is 4.17. The lowest BCUT2D eigenvalue weighted by molar-refractivity contribution is 0.173. The molecule has 0 radical (unpaired) electrons. The minimum absolute atomic E-state index is 0.275. The fourth-order valence-corrected chi connectivity index (χ4v) is 2.57. The van der Waals surface area contributed by atoms with Crippen LogP contribution in [0.2, 0.25) is 0 Å². The molecule has 0 bridgehead atoms. The van der Waals surface area contributed by atoms with E-state index < -0.39 is 0 Å². The smallest absolute Gasteiger partial charge is 0.231 e. The molecule has 0 saturated carbocycles. The summed E-state index contributed by atoms with van der Waals surface area (Å²) in [6.07, 6.45) is 2.60. The molecule has 2 heterocycles. The Balaban J connectivity index is 1.83. The molecule has 0 saturated heterocycles. The van der Waals surface area contributed by atoms with E-state index in [1.807, 2.05) is 29.7 Å². The van der Waals surface area contributed by atoms with Crippen molar-refractivity contribution in [3.8, 4) is 17.2 Å². The molecule has 0 N–H and O–H groups in total. The first kappa shape index (κ1) is 12.1. The minimum atomic E-state index is 0.275. The highest BCUT2D eigenvalue weighted by Gasteiger charge is 2.17. The van der Waals surface area contributed by atoms with E-state index in [4.69, 9.17) is 14.2 Å². The molecule has 1 aliphatic heterocycles. The number of allylic oxidation sites excluding steroid dienone is 1. The van der Waals surface area contributed by atoms with Crippen molar-refractivity contribution in [1.82, 2.24) is 0 Å². The molecule has 3 nitrogen and oxygen atoms in total. The summed E-state index contributed by atoms with van der Waals surface area (Å²) in [5.74, 6) is 2.35. The van der Waals surface area contributed by atoms with Crippen LogP contribution in [0.5, 0.6) is 17.2 Å². The topological polar surface area (TPSA) is 27.7 Å². The second kappa shape index (κ2) is 5.36. The molecule has 0 atom stereocenters. The van der Waals surface area contributed by atoms with Gasteiger partial charge >= 0.3 is 0 Å².